The van der Waals surface area contributed by atoms with Crippen LogP contribution in [0.25, 0.3) is 11.1 Å². The van der Waals surface area contributed by atoms with Gasteiger partial charge in [0.05, 0.1) is 12.0 Å². The van der Waals surface area contributed by atoms with E-state index in [-0.39, 0.29) is 12.3 Å². The molecule has 0 spiro atoms. The monoisotopic (exact) mass is 437 g/mol. The molecule has 1 aliphatic rings. The molecular formula is C24H24ClN3O3. The highest BCUT2D eigenvalue weighted by molar-refractivity contribution is 6.30. The lowest BCUT2D eigenvalue weighted by Crippen LogP contribution is -2.48. The Morgan fingerprint density at radius 3 is 2.35 bits per heavy atom. The van der Waals surface area contributed by atoms with E-state index in [4.69, 9.17) is 16.7 Å². The van der Waals surface area contributed by atoms with Crippen LogP contribution in [0.5, 0.6) is 0 Å². The van der Waals surface area contributed by atoms with Gasteiger partial charge in [-0.1, -0.05) is 48.0 Å². The largest absolute Gasteiger partial charge is 0.481 e. The number of aliphatic carboxylic acids is 1. The molecular weight excluding hydrogens is 414 g/mol. The van der Waals surface area contributed by atoms with E-state index >= 15 is 0 Å². The van der Waals surface area contributed by atoms with E-state index in [0.29, 0.717) is 30.2 Å². The molecule has 3 aromatic rings. The second-order valence-corrected chi connectivity index (χ2v) is 8.03. The van der Waals surface area contributed by atoms with E-state index in [1.807, 2.05) is 65.7 Å². The van der Waals surface area contributed by atoms with Gasteiger partial charge in [0.25, 0.3) is 5.91 Å². The Labute approximate surface area is 186 Å². The molecule has 1 N–H and O–H groups in total. The van der Waals surface area contributed by atoms with Crippen LogP contribution >= 0.6 is 11.6 Å². The van der Waals surface area contributed by atoms with Crippen LogP contribution in [0.4, 0.5) is 5.69 Å². The van der Waals surface area contributed by atoms with Crippen molar-refractivity contribution in [3.8, 4) is 11.1 Å². The Hall–Kier alpha value is -3.25. The number of benzene rings is 2. The van der Waals surface area contributed by atoms with Crippen molar-refractivity contribution in [1.82, 2.24) is 9.47 Å². The molecule has 1 aromatic heterocycles. The molecule has 31 heavy (non-hydrogen) atoms. The Kier molecular flexibility index (Phi) is 6.28. The molecule has 1 fully saturated rings. The standard InChI is InChI=1S/C24H24ClN3O3/c25-19-7-4-8-20(15-19)27-11-13-28(14-12-27)24(31)22-17-26(10-9-23(29)30)16-21(22)18-5-2-1-3-6-18/h1-8,15-17H,9-14H2,(H,29,30). The molecule has 0 atom stereocenters. The SMILES string of the molecule is O=C(O)CCn1cc(C(=O)N2CCN(c3cccc(Cl)c3)CC2)c(-c2ccccc2)c1. The highest BCUT2D eigenvalue weighted by atomic mass is 35.5. The van der Waals surface area contributed by atoms with Crippen LogP contribution in [0.1, 0.15) is 16.8 Å². The number of nitrogens with zero attached hydrogens (tertiary/aromatic N) is 3. The van der Waals surface area contributed by atoms with Gasteiger partial charge in [-0.2, -0.15) is 0 Å². The van der Waals surface area contributed by atoms with Gasteiger partial charge in [-0.3, -0.25) is 9.59 Å². The van der Waals surface area contributed by atoms with Crippen molar-refractivity contribution in [1.29, 1.82) is 0 Å². The zero-order valence-electron chi connectivity index (χ0n) is 17.1. The van der Waals surface area contributed by atoms with E-state index < -0.39 is 5.97 Å². The van der Waals surface area contributed by atoms with Gasteiger partial charge in [-0.05, 0) is 23.8 Å². The first-order chi connectivity index (χ1) is 15.0. The Morgan fingerprint density at radius 2 is 1.68 bits per heavy atom. The third-order valence-corrected chi connectivity index (χ3v) is 5.75. The van der Waals surface area contributed by atoms with Gasteiger partial charge in [0.1, 0.15) is 0 Å². The van der Waals surface area contributed by atoms with Crippen LogP contribution in [0, 0.1) is 0 Å². The lowest BCUT2D eigenvalue weighted by Gasteiger charge is -2.36. The lowest BCUT2D eigenvalue weighted by molar-refractivity contribution is -0.137. The van der Waals surface area contributed by atoms with Crippen molar-refractivity contribution in [2.75, 3.05) is 31.1 Å². The van der Waals surface area contributed by atoms with Crippen LogP contribution in [-0.4, -0.2) is 52.6 Å². The van der Waals surface area contributed by atoms with Gasteiger partial charge in [0, 0.05) is 61.4 Å². The fourth-order valence-corrected chi connectivity index (χ4v) is 4.08. The third-order valence-electron chi connectivity index (χ3n) is 5.52. The molecule has 0 unspecified atom stereocenters. The van der Waals surface area contributed by atoms with Crippen LogP contribution in [0.2, 0.25) is 5.02 Å². The molecule has 4 rings (SSSR count). The minimum Gasteiger partial charge on any atom is -0.481 e. The maximum absolute atomic E-state index is 13.4. The van der Waals surface area contributed by atoms with Crippen LogP contribution in [-0.2, 0) is 11.3 Å². The summed E-state index contributed by atoms with van der Waals surface area (Å²) in [5, 5.41) is 9.72. The number of hydrogen-bond donors (Lipinski definition) is 1. The highest BCUT2D eigenvalue weighted by Crippen LogP contribution is 2.27. The van der Waals surface area contributed by atoms with Crippen molar-refractivity contribution in [3.05, 3.63) is 77.6 Å². The number of halogens is 1. The summed E-state index contributed by atoms with van der Waals surface area (Å²) in [7, 11) is 0. The molecule has 1 saturated heterocycles. The summed E-state index contributed by atoms with van der Waals surface area (Å²) in [5.74, 6) is -0.890. The van der Waals surface area contributed by atoms with Crippen LogP contribution in [0.15, 0.2) is 67.0 Å². The zero-order valence-corrected chi connectivity index (χ0v) is 17.8. The molecule has 0 saturated carbocycles. The van der Waals surface area contributed by atoms with Crippen LogP contribution in [0.3, 0.4) is 0 Å². The molecule has 2 heterocycles. The van der Waals surface area contributed by atoms with Gasteiger partial charge in [0.15, 0.2) is 0 Å². The van der Waals surface area contributed by atoms with Gasteiger partial charge in [-0.15, -0.1) is 0 Å². The normalized spacial score (nSPS) is 14.0. The van der Waals surface area contributed by atoms with Gasteiger partial charge in [0.2, 0.25) is 0 Å². The number of carbonyl (C=O) groups excluding carboxylic acids is 1. The number of aromatic nitrogens is 1. The zero-order chi connectivity index (χ0) is 21.8. The van der Waals surface area contributed by atoms with Crippen molar-refractivity contribution in [2.24, 2.45) is 0 Å². The predicted octanol–water partition coefficient (Wildman–Crippen LogP) is 4.25. The maximum Gasteiger partial charge on any atom is 0.305 e. The number of rotatable bonds is 6. The second kappa shape index (κ2) is 9.27. The minimum atomic E-state index is -0.861. The fraction of sp³-hybridized carbons (Fsp3) is 0.250. The number of anilines is 1. The first-order valence-corrected chi connectivity index (χ1v) is 10.7. The molecule has 7 heteroatoms. The summed E-state index contributed by atoms with van der Waals surface area (Å²) in [6.07, 6.45) is 3.65. The summed E-state index contributed by atoms with van der Waals surface area (Å²) in [6.45, 7) is 3.00. The summed E-state index contributed by atoms with van der Waals surface area (Å²) in [6, 6.07) is 17.5. The van der Waals surface area contributed by atoms with Crippen molar-refractivity contribution in [2.45, 2.75) is 13.0 Å². The first-order valence-electron chi connectivity index (χ1n) is 10.3. The molecule has 0 bridgehead atoms. The summed E-state index contributed by atoms with van der Waals surface area (Å²) >= 11 is 6.12. The van der Waals surface area contributed by atoms with E-state index in [0.717, 1.165) is 29.9 Å². The Balaban J connectivity index is 1.53. The highest BCUT2D eigenvalue weighted by Gasteiger charge is 2.25. The number of carboxylic acids is 1. The summed E-state index contributed by atoms with van der Waals surface area (Å²) in [4.78, 5) is 28.5. The summed E-state index contributed by atoms with van der Waals surface area (Å²) < 4.78 is 1.80. The molecule has 1 amide bonds. The maximum atomic E-state index is 13.4. The van der Waals surface area contributed by atoms with Gasteiger partial charge in [-0.25, -0.2) is 0 Å². The molecule has 0 radical (unpaired) electrons. The molecule has 160 valence electrons. The number of aryl methyl sites for hydroxylation is 1. The number of hydrogen-bond acceptors (Lipinski definition) is 3. The molecule has 0 aliphatic carbocycles. The Bertz CT molecular complexity index is 1070. The minimum absolute atomic E-state index is 0.00878. The van der Waals surface area contributed by atoms with E-state index in [2.05, 4.69) is 4.90 Å². The summed E-state index contributed by atoms with van der Waals surface area (Å²) in [5.41, 5.74) is 3.43. The van der Waals surface area contributed by atoms with Crippen molar-refractivity contribution < 1.29 is 14.7 Å². The molecule has 1 aliphatic heterocycles. The molecule has 2 aromatic carbocycles. The smallest absolute Gasteiger partial charge is 0.305 e. The van der Waals surface area contributed by atoms with Gasteiger partial charge >= 0.3 is 5.97 Å². The quantitative estimate of drug-likeness (QED) is 0.626. The number of amides is 1. The van der Waals surface area contributed by atoms with Gasteiger partial charge < -0.3 is 19.5 Å². The van der Waals surface area contributed by atoms with E-state index in [1.165, 1.54) is 0 Å². The predicted molar refractivity (Wildman–Crippen MR) is 122 cm³/mol. The van der Waals surface area contributed by atoms with E-state index in [1.54, 1.807) is 10.8 Å². The first kappa shape index (κ1) is 21.0. The van der Waals surface area contributed by atoms with Crippen LogP contribution < -0.4 is 4.90 Å². The topological polar surface area (TPSA) is 65.8 Å². The average Bonchev–Trinajstić information content (AvgIpc) is 3.22. The average molecular weight is 438 g/mol. The van der Waals surface area contributed by atoms with Crippen molar-refractivity contribution >= 4 is 29.2 Å². The number of carboxylic acid groups (broad SMARTS) is 1. The molecule has 6 nitrogen and oxygen atoms in total. The lowest BCUT2D eigenvalue weighted by atomic mass is 10.0. The number of carbonyl (C=O) groups is 2. The Morgan fingerprint density at radius 1 is 0.935 bits per heavy atom. The second-order valence-electron chi connectivity index (χ2n) is 7.59. The number of piperazine rings is 1. The van der Waals surface area contributed by atoms with Crippen molar-refractivity contribution in [3.63, 3.8) is 0 Å². The van der Waals surface area contributed by atoms with E-state index in [9.17, 15) is 9.59 Å². The third kappa shape index (κ3) is 4.91. The fourth-order valence-electron chi connectivity index (χ4n) is 3.89.